The molecule has 0 spiro atoms. The van der Waals surface area contributed by atoms with E-state index in [1.807, 2.05) is 0 Å². The van der Waals surface area contributed by atoms with Crippen molar-refractivity contribution in [2.24, 2.45) is 5.92 Å². The lowest BCUT2D eigenvalue weighted by molar-refractivity contribution is -0.0426. The second kappa shape index (κ2) is 7.69. The van der Waals surface area contributed by atoms with E-state index in [2.05, 4.69) is 21.5 Å². The fraction of sp³-hybridized carbons (Fsp3) is 0.409. The Balaban J connectivity index is 1.45. The summed E-state index contributed by atoms with van der Waals surface area (Å²) >= 11 is 0. The van der Waals surface area contributed by atoms with E-state index in [0.29, 0.717) is 34.7 Å². The first-order chi connectivity index (χ1) is 15.7. The van der Waals surface area contributed by atoms with Gasteiger partial charge >= 0.3 is 0 Å². The molecule has 11 heteroatoms. The summed E-state index contributed by atoms with van der Waals surface area (Å²) in [7, 11) is -3.68. The van der Waals surface area contributed by atoms with E-state index < -0.39 is 15.6 Å². The summed E-state index contributed by atoms with van der Waals surface area (Å²) in [5, 5.41) is 27.3. The Morgan fingerprint density at radius 2 is 2.00 bits per heavy atom. The molecule has 1 aromatic carbocycles. The Morgan fingerprint density at radius 3 is 2.61 bits per heavy atom. The predicted molar refractivity (Wildman–Crippen MR) is 121 cm³/mol. The van der Waals surface area contributed by atoms with E-state index in [4.69, 9.17) is 0 Å². The Kier molecular flexibility index (Phi) is 5.04. The van der Waals surface area contributed by atoms with Crippen LogP contribution in [0.5, 0.6) is 0 Å². The molecule has 0 amide bonds. The molecule has 2 aliphatic rings. The zero-order chi connectivity index (χ0) is 23.4. The number of rotatable bonds is 7. The molecule has 0 bridgehead atoms. The molecule has 0 radical (unpaired) electrons. The van der Waals surface area contributed by atoms with Gasteiger partial charge in [-0.15, -0.1) is 0 Å². The molecule has 172 valence electrons. The van der Waals surface area contributed by atoms with Crippen molar-refractivity contribution in [2.45, 2.75) is 42.7 Å². The second-order valence-corrected chi connectivity index (χ2v) is 11.0. The van der Waals surface area contributed by atoms with Crippen molar-refractivity contribution in [3.63, 3.8) is 0 Å². The van der Waals surface area contributed by atoms with Gasteiger partial charge in [-0.3, -0.25) is 9.48 Å². The van der Waals surface area contributed by atoms with Gasteiger partial charge in [0, 0.05) is 25.0 Å². The number of aromatic amines is 1. The minimum absolute atomic E-state index is 0.0619. The van der Waals surface area contributed by atoms with Crippen LogP contribution < -0.4 is 10.9 Å². The number of nitrogens with zero attached hydrogens (tertiary/aromatic N) is 4. The van der Waals surface area contributed by atoms with E-state index >= 15 is 0 Å². The topological polar surface area (TPSA) is 144 Å². The van der Waals surface area contributed by atoms with Crippen molar-refractivity contribution < 1.29 is 13.5 Å². The van der Waals surface area contributed by atoms with Crippen LogP contribution in [-0.4, -0.2) is 51.3 Å². The maximum absolute atomic E-state index is 12.7. The van der Waals surface area contributed by atoms with Gasteiger partial charge in [0.15, 0.2) is 5.82 Å². The Bertz CT molecular complexity index is 1410. The summed E-state index contributed by atoms with van der Waals surface area (Å²) in [5.41, 5.74) is -0.0670. The lowest BCUT2D eigenvalue weighted by Crippen LogP contribution is -2.61. The molecule has 10 nitrogen and oxygen atoms in total. The number of anilines is 2. The maximum atomic E-state index is 12.7. The van der Waals surface area contributed by atoms with Gasteiger partial charge in [0.25, 0.3) is 5.56 Å². The largest absolute Gasteiger partial charge is 0.387 e. The second-order valence-electron chi connectivity index (χ2n) is 9.05. The van der Waals surface area contributed by atoms with Gasteiger partial charge in [-0.05, 0) is 56.0 Å². The van der Waals surface area contributed by atoms with E-state index in [9.17, 15) is 23.6 Å². The zero-order valence-electron chi connectivity index (χ0n) is 18.0. The van der Waals surface area contributed by atoms with E-state index in [1.54, 1.807) is 36.0 Å². The van der Waals surface area contributed by atoms with Gasteiger partial charge < -0.3 is 15.4 Å². The zero-order valence-corrected chi connectivity index (χ0v) is 18.8. The van der Waals surface area contributed by atoms with Crippen molar-refractivity contribution in [1.82, 2.24) is 19.1 Å². The number of aromatic nitrogens is 3. The average molecular weight is 469 g/mol. The standard InChI is InChI=1S/C22H24N6O4S/c1-22(30)12-27(13-22)33(31,32)16-6-4-15(5-7-16)25-20-19-18(9-11-24-21(19)29)28(26-20)17(8-10-23)14-2-3-14/h4-7,9,11,14,17,30H,2-3,8,12-13H2,1H3,(H,24,29)(H,25,26)/t17-/m0/s1. The van der Waals surface area contributed by atoms with Crippen LogP contribution >= 0.6 is 0 Å². The lowest BCUT2D eigenvalue weighted by Gasteiger charge is -2.42. The highest BCUT2D eigenvalue weighted by atomic mass is 32.2. The smallest absolute Gasteiger partial charge is 0.261 e. The molecule has 5 rings (SSSR count). The number of benzene rings is 1. The number of hydrogen-bond acceptors (Lipinski definition) is 7. The molecule has 3 heterocycles. The number of β-amino-alcohol motifs (C(OH)–C–C–N with tert-alkyl or cyclic N) is 1. The molecule has 2 fully saturated rings. The first-order valence-corrected chi connectivity index (χ1v) is 12.2. The highest BCUT2D eigenvalue weighted by molar-refractivity contribution is 7.89. The summed E-state index contributed by atoms with van der Waals surface area (Å²) in [6.45, 7) is 1.72. The van der Waals surface area contributed by atoms with Gasteiger partial charge in [0.2, 0.25) is 10.0 Å². The van der Waals surface area contributed by atoms with E-state index in [0.717, 1.165) is 12.8 Å². The van der Waals surface area contributed by atoms with Gasteiger partial charge in [-0.1, -0.05) is 0 Å². The van der Waals surface area contributed by atoms with E-state index in [1.165, 1.54) is 16.4 Å². The summed E-state index contributed by atoms with van der Waals surface area (Å²) in [5.74, 6) is 0.719. The molecule has 2 aromatic heterocycles. The monoisotopic (exact) mass is 468 g/mol. The number of aliphatic hydroxyl groups is 1. The molecule has 3 N–H and O–H groups in total. The Labute approximate surface area is 190 Å². The number of fused-ring (bicyclic) bond motifs is 1. The SMILES string of the molecule is CC1(O)CN(S(=O)(=O)c2ccc(Nc3nn([C@@H](CC#N)C4CC4)c4cc[nH]c(=O)c34)cc2)C1. The summed E-state index contributed by atoms with van der Waals surface area (Å²) < 4.78 is 28.4. The van der Waals surface area contributed by atoms with E-state index in [-0.39, 0.29) is 29.6 Å². The molecule has 0 unspecified atom stereocenters. The molecule has 1 atom stereocenters. The number of hydrogen-bond donors (Lipinski definition) is 3. The molecule has 1 saturated heterocycles. The van der Waals surface area contributed by atoms with Crippen LogP contribution in [0.4, 0.5) is 11.5 Å². The van der Waals surface area contributed by atoms with Gasteiger partial charge in [-0.2, -0.15) is 14.7 Å². The van der Waals surface area contributed by atoms with Gasteiger partial charge in [-0.25, -0.2) is 8.42 Å². The first-order valence-electron chi connectivity index (χ1n) is 10.8. The minimum Gasteiger partial charge on any atom is -0.387 e. The highest BCUT2D eigenvalue weighted by Crippen LogP contribution is 2.43. The van der Waals surface area contributed by atoms with Crippen LogP contribution in [0.15, 0.2) is 46.2 Å². The van der Waals surface area contributed by atoms with Gasteiger partial charge in [0.1, 0.15) is 5.39 Å². The Hall–Kier alpha value is -3.20. The average Bonchev–Trinajstić information content (AvgIpc) is 3.53. The molecular formula is C22H24N6O4S. The number of sulfonamides is 1. The fourth-order valence-corrected chi connectivity index (χ4v) is 6.02. The van der Waals surface area contributed by atoms with Crippen LogP contribution in [0.1, 0.15) is 32.2 Å². The normalized spacial score (nSPS) is 19.1. The number of nitriles is 1. The Morgan fingerprint density at radius 1 is 1.30 bits per heavy atom. The van der Waals surface area contributed by atoms with Crippen molar-refractivity contribution in [1.29, 1.82) is 5.26 Å². The van der Waals surface area contributed by atoms with Crippen LogP contribution in [0.3, 0.4) is 0 Å². The number of nitrogens with one attached hydrogen (secondary N) is 2. The van der Waals surface area contributed by atoms with Crippen LogP contribution in [-0.2, 0) is 10.0 Å². The molecular weight excluding hydrogens is 444 g/mol. The van der Waals surface area contributed by atoms with Crippen LogP contribution in [0, 0.1) is 17.2 Å². The molecule has 33 heavy (non-hydrogen) atoms. The molecule has 3 aromatic rings. The third-order valence-electron chi connectivity index (χ3n) is 6.20. The third-order valence-corrected chi connectivity index (χ3v) is 8.01. The van der Waals surface area contributed by atoms with Crippen molar-refractivity contribution in [3.8, 4) is 6.07 Å². The number of H-pyrrole nitrogens is 1. The summed E-state index contributed by atoms with van der Waals surface area (Å²) in [4.78, 5) is 15.4. The van der Waals surface area contributed by atoms with Crippen LogP contribution in [0.2, 0.25) is 0 Å². The summed E-state index contributed by atoms with van der Waals surface area (Å²) in [6, 6.07) is 10.1. The predicted octanol–water partition coefficient (Wildman–Crippen LogP) is 2.09. The highest BCUT2D eigenvalue weighted by Gasteiger charge is 2.43. The first kappa shape index (κ1) is 21.6. The summed E-state index contributed by atoms with van der Waals surface area (Å²) in [6.07, 6.45) is 3.93. The molecule has 1 saturated carbocycles. The third kappa shape index (κ3) is 3.90. The van der Waals surface area contributed by atoms with Crippen molar-refractivity contribution >= 4 is 32.4 Å². The maximum Gasteiger partial charge on any atom is 0.261 e. The minimum atomic E-state index is -3.68. The lowest BCUT2D eigenvalue weighted by atomic mass is 10.0. The quantitative estimate of drug-likeness (QED) is 0.481. The number of pyridine rings is 1. The fourth-order valence-electron chi connectivity index (χ4n) is 4.35. The van der Waals surface area contributed by atoms with Crippen LogP contribution in [0.25, 0.3) is 10.9 Å². The van der Waals surface area contributed by atoms with Crippen molar-refractivity contribution in [3.05, 3.63) is 46.9 Å². The molecule has 1 aliphatic heterocycles. The molecule has 1 aliphatic carbocycles. The van der Waals surface area contributed by atoms with Crippen molar-refractivity contribution in [2.75, 3.05) is 18.4 Å². The van der Waals surface area contributed by atoms with Gasteiger partial charge in [0.05, 0.1) is 34.5 Å².